The Kier molecular flexibility index (Phi) is 5.90. The molecule has 28 heavy (non-hydrogen) atoms. The summed E-state index contributed by atoms with van der Waals surface area (Å²) < 4.78 is 13.8. The fraction of sp³-hybridized carbons (Fsp3) is 0.294. The number of aliphatic hydroxyl groups excluding tert-OH is 1. The molecule has 148 valence electrons. The van der Waals surface area contributed by atoms with Crippen molar-refractivity contribution < 1.29 is 24.2 Å². The first-order valence-corrected chi connectivity index (χ1v) is 8.71. The van der Waals surface area contributed by atoms with Gasteiger partial charge in [-0.05, 0) is 42.3 Å². The van der Waals surface area contributed by atoms with Crippen molar-refractivity contribution in [2.75, 3.05) is 23.4 Å². The van der Waals surface area contributed by atoms with Crippen LogP contribution in [0.4, 0.5) is 20.6 Å². The number of nitrogens with zero attached hydrogens (tertiary/aromatic N) is 3. The summed E-state index contributed by atoms with van der Waals surface area (Å²) in [5.74, 6) is -1.18. The van der Waals surface area contributed by atoms with E-state index in [0.717, 1.165) is 6.07 Å². The number of carbonyl (C=O) groups excluding carboxylic acids is 1. The van der Waals surface area contributed by atoms with Gasteiger partial charge in [0.1, 0.15) is 11.5 Å². The van der Waals surface area contributed by atoms with Gasteiger partial charge < -0.3 is 25.7 Å². The van der Waals surface area contributed by atoms with Crippen LogP contribution in [0.5, 0.6) is 0 Å². The Morgan fingerprint density at radius 1 is 1.36 bits per heavy atom. The molecule has 1 fully saturated rings. The van der Waals surface area contributed by atoms with E-state index in [-0.39, 0.29) is 29.8 Å². The summed E-state index contributed by atoms with van der Waals surface area (Å²) in [6.07, 6.45) is 0.521. The number of benzene rings is 1. The topological polar surface area (TPSA) is 128 Å². The number of amides is 2. The number of hydrogen-bond donors (Lipinski definition) is 4. The predicted octanol–water partition coefficient (Wildman–Crippen LogP) is 1.73. The minimum atomic E-state index is -1.17. The zero-order valence-corrected chi connectivity index (χ0v) is 15.2. The van der Waals surface area contributed by atoms with E-state index in [1.807, 2.05) is 0 Å². The summed E-state index contributed by atoms with van der Waals surface area (Å²) >= 11 is 5.69. The van der Waals surface area contributed by atoms with Crippen LogP contribution >= 0.6 is 11.6 Å². The van der Waals surface area contributed by atoms with E-state index in [9.17, 15) is 19.1 Å². The van der Waals surface area contributed by atoms with Gasteiger partial charge in [0.2, 0.25) is 5.28 Å². The maximum Gasteiger partial charge on any atom is 0.404 e. The molecule has 0 aliphatic carbocycles. The number of rotatable bonds is 5. The van der Waals surface area contributed by atoms with Gasteiger partial charge in [-0.2, -0.15) is 0 Å². The Morgan fingerprint density at radius 2 is 2.14 bits per heavy atom. The first kappa shape index (κ1) is 19.8. The minimum absolute atomic E-state index is 0.000705. The van der Waals surface area contributed by atoms with Gasteiger partial charge in [0, 0.05) is 12.7 Å². The van der Waals surface area contributed by atoms with E-state index in [1.54, 1.807) is 4.90 Å². The molecule has 0 saturated carbocycles. The summed E-state index contributed by atoms with van der Waals surface area (Å²) in [6.45, 7) is 0.0233. The molecule has 1 aliphatic heterocycles. The fourth-order valence-corrected chi connectivity index (χ4v) is 3.32. The summed E-state index contributed by atoms with van der Waals surface area (Å²) in [5, 5.41) is 23.5. The summed E-state index contributed by atoms with van der Waals surface area (Å²) in [7, 11) is 0. The number of halogens is 2. The van der Waals surface area contributed by atoms with Gasteiger partial charge in [0.05, 0.1) is 30.1 Å². The largest absolute Gasteiger partial charge is 0.465 e. The van der Waals surface area contributed by atoms with E-state index in [1.165, 1.54) is 24.4 Å². The van der Waals surface area contributed by atoms with Gasteiger partial charge in [-0.15, -0.1) is 0 Å². The third-order valence-corrected chi connectivity index (χ3v) is 4.51. The lowest BCUT2D eigenvalue weighted by atomic mass is 10.1. The Hall–Kier alpha value is -2.98. The summed E-state index contributed by atoms with van der Waals surface area (Å²) in [4.78, 5) is 32.6. The number of carboxylic acid groups (broad SMARTS) is 1. The zero-order chi connectivity index (χ0) is 20.3. The van der Waals surface area contributed by atoms with Crippen molar-refractivity contribution in [1.29, 1.82) is 0 Å². The Morgan fingerprint density at radius 3 is 2.82 bits per heavy atom. The molecule has 0 bridgehead atoms. The van der Waals surface area contributed by atoms with Crippen LogP contribution < -0.4 is 15.5 Å². The van der Waals surface area contributed by atoms with Crippen LogP contribution in [0.3, 0.4) is 0 Å². The van der Waals surface area contributed by atoms with Crippen LogP contribution in [-0.4, -0.2) is 57.4 Å². The third kappa shape index (κ3) is 4.46. The van der Waals surface area contributed by atoms with Gasteiger partial charge in [-0.1, -0.05) is 0 Å². The standard InChI is InChI=1S/C17H17ClFN5O4/c18-16-20-4-3-12(23-16)15(26)22-13-5-9(19)1-2-14(13)24-7-10(21-17(27)28)6-11(24)8-25/h1-5,10-11,21,25H,6-8H2,(H,22,26)(H,27,28). The van der Waals surface area contributed by atoms with Crippen LogP contribution in [0.1, 0.15) is 16.9 Å². The van der Waals surface area contributed by atoms with Crippen LogP contribution in [0.25, 0.3) is 0 Å². The molecular formula is C17H17ClFN5O4. The first-order valence-electron chi connectivity index (χ1n) is 8.33. The van der Waals surface area contributed by atoms with Crippen LogP contribution in [0, 0.1) is 5.82 Å². The number of hydrogen-bond acceptors (Lipinski definition) is 6. The van der Waals surface area contributed by atoms with Crippen LogP contribution in [-0.2, 0) is 0 Å². The molecule has 4 N–H and O–H groups in total. The molecule has 1 aromatic carbocycles. The summed E-state index contributed by atoms with van der Waals surface area (Å²) in [6, 6.07) is 4.38. The van der Waals surface area contributed by atoms with Crippen molar-refractivity contribution in [2.45, 2.75) is 18.5 Å². The lowest BCUT2D eigenvalue weighted by molar-refractivity contribution is 0.102. The number of carbonyl (C=O) groups is 2. The SMILES string of the molecule is O=C(O)NC1CC(CO)N(c2ccc(F)cc2NC(=O)c2ccnc(Cl)n2)C1. The van der Waals surface area contributed by atoms with Crippen molar-refractivity contribution in [3.05, 3.63) is 47.3 Å². The molecule has 1 saturated heterocycles. The lowest BCUT2D eigenvalue weighted by Gasteiger charge is -2.27. The number of aliphatic hydroxyl groups is 1. The van der Waals surface area contributed by atoms with Gasteiger partial charge in [-0.25, -0.2) is 19.2 Å². The fourth-order valence-electron chi connectivity index (χ4n) is 3.17. The van der Waals surface area contributed by atoms with Crippen LogP contribution in [0.2, 0.25) is 5.28 Å². The molecular weight excluding hydrogens is 393 g/mol. The molecule has 2 unspecified atom stereocenters. The average Bonchev–Trinajstić information content (AvgIpc) is 3.03. The average molecular weight is 410 g/mol. The van der Waals surface area contributed by atoms with Crippen molar-refractivity contribution in [2.24, 2.45) is 0 Å². The molecule has 2 aromatic rings. The minimum Gasteiger partial charge on any atom is -0.465 e. The molecule has 2 heterocycles. The Labute approximate surface area is 164 Å². The van der Waals surface area contributed by atoms with Crippen molar-refractivity contribution in [3.63, 3.8) is 0 Å². The molecule has 2 amide bonds. The molecule has 1 aromatic heterocycles. The van der Waals surface area contributed by atoms with E-state index in [0.29, 0.717) is 12.1 Å². The monoisotopic (exact) mass is 409 g/mol. The molecule has 3 rings (SSSR count). The second kappa shape index (κ2) is 8.36. The number of nitrogens with one attached hydrogen (secondary N) is 2. The Bertz CT molecular complexity index is 900. The van der Waals surface area contributed by atoms with E-state index in [2.05, 4.69) is 20.6 Å². The van der Waals surface area contributed by atoms with Crippen molar-refractivity contribution >= 4 is 35.0 Å². The highest BCUT2D eigenvalue weighted by molar-refractivity contribution is 6.28. The van der Waals surface area contributed by atoms with Gasteiger partial charge in [-0.3, -0.25) is 4.79 Å². The third-order valence-electron chi connectivity index (χ3n) is 4.33. The number of anilines is 2. The summed E-state index contributed by atoms with van der Waals surface area (Å²) in [5.41, 5.74) is 0.610. The van der Waals surface area contributed by atoms with E-state index < -0.39 is 29.9 Å². The molecule has 11 heteroatoms. The zero-order valence-electron chi connectivity index (χ0n) is 14.5. The van der Waals surface area contributed by atoms with E-state index >= 15 is 0 Å². The van der Waals surface area contributed by atoms with Gasteiger partial charge in [0.25, 0.3) is 5.91 Å². The van der Waals surface area contributed by atoms with E-state index in [4.69, 9.17) is 16.7 Å². The Balaban J connectivity index is 1.88. The highest BCUT2D eigenvalue weighted by atomic mass is 35.5. The smallest absolute Gasteiger partial charge is 0.404 e. The molecule has 2 atom stereocenters. The molecule has 0 radical (unpaired) electrons. The van der Waals surface area contributed by atoms with Gasteiger partial charge in [0.15, 0.2) is 0 Å². The second-order valence-electron chi connectivity index (χ2n) is 6.20. The van der Waals surface area contributed by atoms with Crippen LogP contribution in [0.15, 0.2) is 30.5 Å². The van der Waals surface area contributed by atoms with Crippen molar-refractivity contribution in [1.82, 2.24) is 15.3 Å². The molecule has 9 nitrogen and oxygen atoms in total. The van der Waals surface area contributed by atoms with Gasteiger partial charge >= 0.3 is 6.09 Å². The maximum absolute atomic E-state index is 13.8. The highest BCUT2D eigenvalue weighted by Gasteiger charge is 2.34. The normalized spacial score (nSPS) is 18.8. The number of aromatic nitrogens is 2. The second-order valence-corrected chi connectivity index (χ2v) is 6.54. The predicted molar refractivity (Wildman–Crippen MR) is 99.2 cm³/mol. The van der Waals surface area contributed by atoms with Crippen molar-refractivity contribution in [3.8, 4) is 0 Å². The lowest BCUT2D eigenvalue weighted by Crippen LogP contribution is -2.36. The molecule has 0 spiro atoms. The highest BCUT2D eigenvalue weighted by Crippen LogP contribution is 2.33. The first-order chi connectivity index (χ1) is 13.4. The maximum atomic E-state index is 13.8. The quantitative estimate of drug-likeness (QED) is 0.553. The molecule has 1 aliphatic rings.